The predicted molar refractivity (Wildman–Crippen MR) is 70.2 cm³/mol. The van der Waals surface area contributed by atoms with E-state index >= 15 is 0 Å². The minimum absolute atomic E-state index is 0.0900. The van der Waals surface area contributed by atoms with Crippen molar-refractivity contribution in [3.63, 3.8) is 0 Å². The van der Waals surface area contributed by atoms with Crippen LogP contribution in [0.5, 0.6) is 0 Å². The maximum Gasteiger partial charge on any atom is 0.240 e. The average Bonchev–Trinajstić information content (AvgIpc) is 3.00. The molecular weight excluding hydrogens is 258 g/mol. The van der Waals surface area contributed by atoms with Gasteiger partial charge in [0.25, 0.3) is 0 Å². The molecule has 0 heterocycles. The summed E-state index contributed by atoms with van der Waals surface area (Å²) in [5, 5.41) is 2.81. The number of nitrogens with one attached hydrogen (secondary N) is 2. The minimum atomic E-state index is -3.43. The highest BCUT2D eigenvalue weighted by Gasteiger charge is 2.27. The van der Waals surface area contributed by atoms with Gasteiger partial charge in [-0.2, -0.15) is 0 Å². The Kier molecular flexibility index (Phi) is 3.32. The normalized spacial score (nSPS) is 15.5. The molecule has 1 aliphatic rings. The fourth-order valence-corrected chi connectivity index (χ4v) is 2.84. The maximum atomic E-state index is 11.9. The number of thiocarbonyl (C=S) groups is 1. The Morgan fingerprint density at radius 1 is 1.41 bits per heavy atom. The number of rotatable bonds is 4. The Hall–Kier alpha value is -1.18. The van der Waals surface area contributed by atoms with Crippen LogP contribution < -0.4 is 15.8 Å². The van der Waals surface area contributed by atoms with Gasteiger partial charge in [-0.1, -0.05) is 6.07 Å². The lowest BCUT2D eigenvalue weighted by molar-refractivity contribution is 0.581. The number of hydrogen-bond acceptors (Lipinski definition) is 3. The van der Waals surface area contributed by atoms with Crippen LogP contribution in [0.25, 0.3) is 0 Å². The van der Waals surface area contributed by atoms with E-state index in [4.69, 9.17) is 18.0 Å². The summed E-state index contributed by atoms with van der Waals surface area (Å²) >= 11 is 4.70. The van der Waals surface area contributed by atoms with Gasteiger partial charge >= 0.3 is 0 Å². The first-order valence-electron chi connectivity index (χ1n) is 5.16. The Morgan fingerprint density at radius 2 is 2.12 bits per heavy atom. The molecule has 0 aromatic heterocycles. The zero-order valence-electron chi connectivity index (χ0n) is 9.01. The van der Waals surface area contributed by atoms with Gasteiger partial charge < -0.3 is 11.1 Å². The van der Waals surface area contributed by atoms with Gasteiger partial charge in [-0.15, -0.1) is 0 Å². The fourth-order valence-electron chi connectivity index (χ4n) is 1.37. The zero-order chi connectivity index (χ0) is 12.5. The standard InChI is InChI=1S/C10H13N3O2S2/c11-10(16)12-8-2-1-3-9(6-8)17(14,15)13-7-4-5-7/h1-3,6-7,13H,4-5H2,(H3,11,12,16). The largest absolute Gasteiger partial charge is 0.376 e. The van der Waals surface area contributed by atoms with Crippen molar-refractivity contribution in [1.29, 1.82) is 0 Å². The summed E-state index contributed by atoms with van der Waals surface area (Å²) in [5.74, 6) is 0. The fraction of sp³-hybridized carbons (Fsp3) is 0.300. The molecule has 17 heavy (non-hydrogen) atoms. The lowest BCUT2D eigenvalue weighted by Gasteiger charge is -2.08. The second kappa shape index (κ2) is 4.59. The molecule has 0 unspecified atom stereocenters. The van der Waals surface area contributed by atoms with Crippen molar-refractivity contribution in [3.05, 3.63) is 24.3 Å². The summed E-state index contributed by atoms with van der Waals surface area (Å²) in [4.78, 5) is 0.214. The van der Waals surface area contributed by atoms with Crippen molar-refractivity contribution < 1.29 is 8.42 Å². The van der Waals surface area contributed by atoms with Crippen LogP contribution in [-0.2, 0) is 10.0 Å². The molecule has 0 bridgehead atoms. The highest BCUT2D eigenvalue weighted by atomic mass is 32.2. The highest BCUT2D eigenvalue weighted by Crippen LogP contribution is 2.23. The quantitative estimate of drug-likeness (QED) is 0.705. The third-order valence-corrected chi connectivity index (χ3v) is 3.93. The molecule has 0 atom stereocenters. The van der Waals surface area contributed by atoms with E-state index < -0.39 is 10.0 Å². The zero-order valence-corrected chi connectivity index (χ0v) is 10.6. The highest BCUT2D eigenvalue weighted by molar-refractivity contribution is 7.89. The first-order chi connectivity index (χ1) is 7.97. The topological polar surface area (TPSA) is 84.2 Å². The molecule has 0 saturated heterocycles. The first kappa shape index (κ1) is 12.3. The minimum Gasteiger partial charge on any atom is -0.376 e. The van der Waals surface area contributed by atoms with Gasteiger partial charge in [0.2, 0.25) is 10.0 Å². The summed E-state index contributed by atoms with van der Waals surface area (Å²) in [6, 6.07) is 6.48. The van der Waals surface area contributed by atoms with E-state index in [2.05, 4.69) is 10.0 Å². The summed E-state index contributed by atoms with van der Waals surface area (Å²) < 4.78 is 26.4. The molecule has 1 aromatic rings. The molecule has 2 rings (SSSR count). The predicted octanol–water partition coefficient (Wildman–Crippen LogP) is 0.783. The van der Waals surface area contributed by atoms with E-state index in [0.29, 0.717) is 5.69 Å². The van der Waals surface area contributed by atoms with Crippen LogP contribution in [0.2, 0.25) is 0 Å². The number of sulfonamides is 1. The molecule has 1 aliphatic carbocycles. The molecular formula is C10H13N3O2S2. The van der Waals surface area contributed by atoms with Crippen molar-refractivity contribution in [2.24, 2.45) is 5.73 Å². The van der Waals surface area contributed by atoms with E-state index in [1.807, 2.05) is 0 Å². The molecule has 7 heteroatoms. The Balaban J connectivity index is 2.22. The molecule has 1 aromatic carbocycles. The summed E-state index contributed by atoms with van der Waals surface area (Å²) in [6.45, 7) is 0. The third kappa shape index (κ3) is 3.39. The Bertz CT molecular complexity index is 538. The molecule has 0 spiro atoms. The average molecular weight is 271 g/mol. The van der Waals surface area contributed by atoms with Gasteiger partial charge in [-0.25, -0.2) is 13.1 Å². The SMILES string of the molecule is NC(=S)Nc1cccc(S(=O)(=O)NC2CC2)c1. The van der Waals surface area contributed by atoms with Gasteiger partial charge in [0.05, 0.1) is 4.90 Å². The summed E-state index contributed by atoms with van der Waals surface area (Å²) in [6.07, 6.45) is 1.81. The molecule has 1 saturated carbocycles. The van der Waals surface area contributed by atoms with Crippen LogP contribution in [0, 0.1) is 0 Å². The van der Waals surface area contributed by atoms with E-state index in [1.165, 1.54) is 12.1 Å². The summed E-state index contributed by atoms with van der Waals surface area (Å²) in [7, 11) is -3.43. The number of benzene rings is 1. The second-order valence-corrected chi connectivity index (χ2v) is 6.07. The molecule has 92 valence electrons. The van der Waals surface area contributed by atoms with Crippen LogP contribution in [-0.4, -0.2) is 19.6 Å². The van der Waals surface area contributed by atoms with Crippen LogP contribution in [0.3, 0.4) is 0 Å². The molecule has 0 amide bonds. The molecule has 0 radical (unpaired) electrons. The van der Waals surface area contributed by atoms with Gasteiger partial charge in [0, 0.05) is 11.7 Å². The molecule has 5 nitrogen and oxygen atoms in total. The number of hydrogen-bond donors (Lipinski definition) is 3. The van der Waals surface area contributed by atoms with Crippen molar-refractivity contribution >= 4 is 33.0 Å². The number of anilines is 1. The lowest BCUT2D eigenvalue weighted by Crippen LogP contribution is -2.26. The van der Waals surface area contributed by atoms with Crippen molar-refractivity contribution in [3.8, 4) is 0 Å². The first-order valence-corrected chi connectivity index (χ1v) is 7.05. The molecule has 1 fully saturated rings. The van der Waals surface area contributed by atoms with E-state index in [9.17, 15) is 8.42 Å². The van der Waals surface area contributed by atoms with Gasteiger partial charge in [0.1, 0.15) is 0 Å². The van der Waals surface area contributed by atoms with Gasteiger partial charge in [-0.05, 0) is 43.3 Å². The van der Waals surface area contributed by atoms with Crippen molar-refractivity contribution in [2.75, 3.05) is 5.32 Å². The lowest BCUT2D eigenvalue weighted by atomic mass is 10.3. The molecule has 4 N–H and O–H groups in total. The van der Waals surface area contributed by atoms with Crippen LogP contribution in [0.1, 0.15) is 12.8 Å². The van der Waals surface area contributed by atoms with Gasteiger partial charge in [0.15, 0.2) is 5.11 Å². The number of nitrogens with two attached hydrogens (primary N) is 1. The monoisotopic (exact) mass is 271 g/mol. The van der Waals surface area contributed by atoms with Crippen molar-refractivity contribution in [2.45, 2.75) is 23.8 Å². The smallest absolute Gasteiger partial charge is 0.240 e. The molecule has 0 aliphatic heterocycles. The van der Waals surface area contributed by atoms with E-state index in [-0.39, 0.29) is 16.0 Å². The van der Waals surface area contributed by atoms with Crippen LogP contribution in [0.15, 0.2) is 29.2 Å². The summed E-state index contributed by atoms with van der Waals surface area (Å²) in [5.41, 5.74) is 5.90. The van der Waals surface area contributed by atoms with E-state index in [0.717, 1.165) is 12.8 Å². The van der Waals surface area contributed by atoms with E-state index in [1.54, 1.807) is 12.1 Å². The van der Waals surface area contributed by atoms with Crippen molar-refractivity contribution in [1.82, 2.24) is 4.72 Å². The van der Waals surface area contributed by atoms with Crippen LogP contribution >= 0.6 is 12.2 Å². The maximum absolute atomic E-state index is 11.9. The van der Waals surface area contributed by atoms with Crippen LogP contribution in [0.4, 0.5) is 5.69 Å². The Labute approximate surface area is 105 Å². The van der Waals surface area contributed by atoms with Gasteiger partial charge in [-0.3, -0.25) is 0 Å². The third-order valence-electron chi connectivity index (χ3n) is 2.31. The second-order valence-electron chi connectivity index (χ2n) is 3.91. The Morgan fingerprint density at radius 3 is 2.71 bits per heavy atom.